The van der Waals surface area contributed by atoms with Gasteiger partial charge in [-0.2, -0.15) is 4.52 Å². The molecule has 7 heteroatoms. The number of piperazine rings is 1. The van der Waals surface area contributed by atoms with E-state index in [1.165, 1.54) is 5.56 Å². The number of rotatable bonds is 5. The van der Waals surface area contributed by atoms with Crippen molar-refractivity contribution in [2.75, 3.05) is 38.2 Å². The summed E-state index contributed by atoms with van der Waals surface area (Å²) >= 11 is 0. The van der Waals surface area contributed by atoms with Crippen LogP contribution in [0, 0.1) is 0 Å². The minimum Gasteiger partial charge on any atom is -0.497 e. The number of aromatic nitrogens is 4. The molecule has 0 radical (unpaired) electrons. The highest BCUT2D eigenvalue weighted by Crippen LogP contribution is 2.20. The number of allylic oxidation sites excluding steroid dienone is 1. The first kappa shape index (κ1) is 16.4. The molecular weight excluding hydrogens is 328 g/mol. The second-order valence-electron chi connectivity index (χ2n) is 6.39. The van der Waals surface area contributed by atoms with E-state index < -0.39 is 0 Å². The van der Waals surface area contributed by atoms with E-state index in [0.717, 1.165) is 55.5 Å². The van der Waals surface area contributed by atoms with Crippen LogP contribution >= 0.6 is 0 Å². The van der Waals surface area contributed by atoms with E-state index in [1.807, 2.05) is 24.3 Å². The van der Waals surface area contributed by atoms with Gasteiger partial charge in [0.1, 0.15) is 17.9 Å². The van der Waals surface area contributed by atoms with Crippen molar-refractivity contribution in [3.8, 4) is 5.75 Å². The van der Waals surface area contributed by atoms with Crippen molar-refractivity contribution in [3.63, 3.8) is 0 Å². The number of hydrogen-bond acceptors (Lipinski definition) is 6. The molecule has 0 N–H and O–H groups in total. The zero-order valence-corrected chi connectivity index (χ0v) is 14.9. The molecular formula is C19H22N6O. The summed E-state index contributed by atoms with van der Waals surface area (Å²) in [6.07, 6.45) is 2.47. The maximum Gasteiger partial charge on any atom is 0.177 e. The number of fused-ring (bicyclic) bond motifs is 1. The quantitative estimate of drug-likeness (QED) is 0.702. The summed E-state index contributed by atoms with van der Waals surface area (Å²) in [6.45, 7) is 7.99. The first-order valence-electron chi connectivity index (χ1n) is 8.70. The van der Waals surface area contributed by atoms with Gasteiger partial charge in [0.15, 0.2) is 5.65 Å². The largest absolute Gasteiger partial charge is 0.497 e. The Balaban J connectivity index is 1.37. The number of nitrogens with zero attached hydrogens (tertiary/aromatic N) is 6. The molecule has 1 saturated heterocycles. The molecule has 2 aromatic heterocycles. The molecule has 0 aliphatic carbocycles. The van der Waals surface area contributed by atoms with E-state index in [2.05, 4.69) is 43.8 Å². The topological polar surface area (TPSA) is 58.8 Å². The highest BCUT2D eigenvalue weighted by atomic mass is 16.5. The lowest BCUT2D eigenvalue weighted by Gasteiger charge is -2.37. The van der Waals surface area contributed by atoms with Gasteiger partial charge in [-0.05, 0) is 29.8 Å². The second-order valence-corrected chi connectivity index (χ2v) is 6.39. The molecule has 26 heavy (non-hydrogen) atoms. The van der Waals surface area contributed by atoms with Crippen LogP contribution in [0.25, 0.3) is 5.65 Å². The van der Waals surface area contributed by atoms with Crippen LogP contribution in [-0.4, -0.2) is 58.0 Å². The summed E-state index contributed by atoms with van der Waals surface area (Å²) in [4.78, 5) is 4.64. The summed E-state index contributed by atoms with van der Waals surface area (Å²) in [5.41, 5.74) is 3.12. The third kappa shape index (κ3) is 3.33. The van der Waals surface area contributed by atoms with E-state index in [4.69, 9.17) is 4.74 Å². The highest BCUT2D eigenvalue weighted by Gasteiger charge is 2.19. The minimum absolute atomic E-state index is 0.763. The van der Waals surface area contributed by atoms with Gasteiger partial charge in [0.25, 0.3) is 0 Å². The Morgan fingerprint density at radius 1 is 1.15 bits per heavy atom. The summed E-state index contributed by atoms with van der Waals surface area (Å²) in [6, 6.07) is 12.1. The maximum atomic E-state index is 5.30. The number of methoxy groups -OCH3 is 1. The van der Waals surface area contributed by atoms with Crippen molar-refractivity contribution in [2.45, 2.75) is 6.42 Å². The Morgan fingerprint density at radius 2 is 2.00 bits per heavy atom. The van der Waals surface area contributed by atoms with Crippen LogP contribution < -0.4 is 9.64 Å². The molecule has 4 rings (SSSR count). The molecule has 0 saturated carbocycles. The fraction of sp³-hybridized carbons (Fsp3) is 0.316. The van der Waals surface area contributed by atoms with Crippen LogP contribution in [-0.2, 0) is 6.42 Å². The minimum atomic E-state index is 0.763. The van der Waals surface area contributed by atoms with Crippen LogP contribution in [0.4, 0.5) is 5.82 Å². The molecule has 3 heterocycles. The Morgan fingerprint density at radius 3 is 2.81 bits per heavy atom. The van der Waals surface area contributed by atoms with Gasteiger partial charge in [-0.1, -0.05) is 18.7 Å². The average molecular weight is 350 g/mol. The summed E-state index contributed by atoms with van der Waals surface area (Å²) < 4.78 is 7.01. The molecule has 1 fully saturated rings. The van der Waals surface area contributed by atoms with Crippen molar-refractivity contribution >= 4 is 11.5 Å². The smallest absolute Gasteiger partial charge is 0.177 e. The van der Waals surface area contributed by atoms with E-state index in [0.29, 0.717) is 0 Å². The first-order valence-corrected chi connectivity index (χ1v) is 8.70. The lowest BCUT2D eigenvalue weighted by molar-refractivity contribution is 0.315. The number of ether oxygens (including phenoxy) is 1. The Labute approximate surface area is 152 Å². The van der Waals surface area contributed by atoms with E-state index in [9.17, 15) is 0 Å². The standard InChI is InChI=1S/C19H22N6O/c1-15(12-16-4-3-5-17(13-16)26-2)23-8-10-24(11-9-23)19-7-6-18-21-20-14-25(18)22-19/h3-7,13-14H,1,8-12H2,2H3. The van der Waals surface area contributed by atoms with Crippen molar-refractivity contribution in [2.24, 2.45) is 0 Å². The molecule has 134 valence electrons. The van der Waals surface area contributed by atoms with Crippen LogP contribution in [0.3, 0.4) is 0 Å². The van der Waals surface area contributed by atoms with Gasteiger partial charge < -0.3 is 14.5 Å². The third-order valence-corrected chi connectivity index (χ3v) is 4.74. The lowest BCUT2D eigenvalue weighted by atomic mass is 10.1. The SMILES string of the molecule is C=C(Cc1cccc(OC)c1)N1CCN(c2ccc3nncn3n2)CC1. The van der Waals surface area contributed by atoms with Gasteiger partial charge in [0.05, 0.1) is 7.11 Å². The van der Waals surface area contributed by atoms with Crippen LogP contribution in [0.15, 0.2) is 55.0 Å². The van der Waals surface area contributed by atoms with Gasteiger partial charge in [-0.25, -0.2) is 0 Å². The van der Waals surface area contributed by atoms with Gasteiger partial charge in [0.2, 0.25) is 0 Å². The van der Waals surface area contributed by atoms with Crippen LogP contribution in [0.1, 0.15) is 5.56 Å². The number of benzene rings is 1. The molecule has 0 spiro atoms. The monoisotopic (exact) mass is 350 g/mol. The molecule has 0 bridgehead atoms. The molecule has 0 atom stereocenters. The zero-order valence-electron chi connectivity index (χ0n) is 14.9. The summed E-state index contributed by atoms with van der Waals surface area (Å²) in [5, 5.41) is 12.5. The van der Waals surface area contributed by atoms with Crippen molar-refractivity contribution in [1.82, 2.24) is 24.7 Å². The molecule has 7 nitrogen and oxygen atoms in total. The van der Waals surface area contributed by atoms with Crippen molar-refractivity contribution in [1.29, 1.82) is 0 Å². The van der Waals surface area contributed by atoms with E-state index in [1.54, 1.807) is 18.0 Å². The molecule has 1 aliphatic rings. The third-order valence-electron chi connectivity index (χ3n) is 4.74. The first-order chi connectivity index (χ1) is 12.7. The fourth-order valence-corrected chi connectivity index (χ4v) is 3.27. The Hall–Kier alpha value is -3.09. The Kier molecular flexibility index (Phi) is 4.43. The lowest BCUT2D eigenvalue weighted by Crippen LogP contribution is -2.46. The molecule has 0 amide bonds. The van der Waals surface area contributed by atoms with Crippen LogP contribution in [0.2, 0.25) is 0 Å². The van der Waals surface area contributed by atoms with Gasteiger partial charge in [-0.15, -0.1) is 15.3 Å². The molecule has 1 aliphatic heterocycles. The summed E-state index contributed by atoms with van der Waals surface area (Å²) in [5.74, 6) is 1.84. The Bertz CT molecular complexity index is 913. The highest BCUT2D eigenvalue weighted by molar-refractivity contribution is 5.45. The van der Waals surface area contributed by atoms with Crippen molar-refractivity contribution in [3.05, 3.63) is 60.6 Å². The maximum absolute atomic E-state index is 5.30. The molecule has 1 aromatic carbocycles. The van der Waals surface area contributed by atoms with Gasteiger partial charge in [-0.3, -0.25) is 0 Å². The molecule has 3 aromatic rings. The van der Waals surface area contributed by atoms with E-state index in [-0.39, 0.29) is 0 Å². The van der Waals surface area contributed by atoms with E-state index >= 15 is 0 Å². The van der Waals surface area contributed by atoms with Crippen molar-refractivity contribution < 1.29 is 4.74 Å². The average Bonchev–Trinajstić information content (AvgIpc) is 3.16. The van der Waals surface area contributed by atoms with Gasteiger partial charge >= 0.3 is 0 Å². The second kappa shape index (κ2) is 7.03. The molecule has 0 unspecified atom stereocenters. The zero-order chi connectivity index (χ0) is 17.9. The number of anilines is 1. The van der Waals surface area contributed by atoms with Crippen LogP contribution in [0.5, 0.6) is 5.75 Å². The number of hydrogen-bond donors (Lipinski definition) is 0. The normalized spacial score (nSPS) is 14.7. The fourth-order valence-electron chi connectivity index (χ4n) is 3.27. The predicted molar refractivity (Wildman–Crippen MR) is 100 cm³/mol. The predicted octanol–water partition coefficient (Wildman–Crippen LogP) is 2.01. The van der Waals surface area contributed by atoms with Gasteiger partial charge in [0, 0.05) is 38.3 Å². The summed E-state index contributed by atoms with van der Waals surface area (Å²) in [7, 11) is 1.69.